The molecule has 1 aromatic rings. The number of ether oxygens (including phenoxy) is 2. The zero-order chi connectivity index (χ0) is 14.9. The number of rotatable bonds is 4. The molecule has 0 amide bonds. The van der Waals surface area contributed by atoms with Crippen molar-refractivity contribution in [1.29, 1.82) is 0 Å². The maximum Gasteiger partial charge on any atom is 0.141 e. The number of nitrogens with two attached hydrogens (primary N) is 1. The number of hydrogen-bond acceptors (Lipinski definition) is 4. The minimum Gasteiger partial charge on any atom is -0.495 e. The molecule has 1 aromatic carbocycles. The number of hydrogen-bond donors (Lipinski definition) is 1. The Bertz CT molecular complexity index is 493. The number of aryl methyl sites for hydroxylation is 1. The summed E-state index contributed by atoms with van der Waals surface area (Å²) >= 11 is 3.61. The third kappa shape index (κ3) is 2.67. The molecule has 20 heavy (non-hydrogen) atoms. The molecule has 0 radical (unpaired) electrons. The first-order valence-corrected chi connectivity index (χ1v) is 7.64. The van der Waals surface area contributed by atoms with Gasteiger partial charge in [0.1, 0.15) is 16.0 Å². The Labute approximate surface area is 129 Å². The van der Waals surface area contributed by atoms with Gasteiger partial charge in [-0.2, -0.15) is 0 Å². The molecule has 0 saturated carbocycles. The molecule has 1 heterocycles. The number of nitrogens with zero attached hydrogens (tertiary/aromatic N) is 1. The average molecular weight is 343 g/mol. The lowest BCUT2D eigenvalue weighted by Crippen LogP contribution is -2.21. The fraction of sp³-hybridized carbons (Fsp3) is 0.600. The van der Waals surface area contributed by atoms with Crippen molar-refractivity contribution in [2.24, 2.45) is 11.7 Å². The number of benzene rings is 1. The number of likely N-dealkylation sites (tertiary alicyclic amines) is 1. The summed E-state index contributed by atoms with van der Waals surface area (Å²) in [5.41, 5.74) is 8.14. The van der Waals surface area contributed by atoms with Crippen LogP contribution in [0.5, 0.6) is 11.5 Å². The molecule has 1 saturated heterocycles. The molecule has 0 aromatic heterocycles. The summed E-state index contributed by atoms with van der Waals surface area (Å²) in [5.74, 6) is 2.25. The molecule has 2 atom stereocenters. The van der Waals surface area contributed by atoms with E-state index in [1.807, 2.05) is 0 Å². The van der Waals surface area contributed by atoms with Gasteiger partial charge in [-0.15, -0.1) is 0 Å². The minimum absolute atomic E-state index is 0.347. The summed E-state index contributed by atoms with van der Waals surface area (Å²) < 4.78 is 12.0. The lowest BCUT2D eigenvalue weighted by molar-refractivity contribution is 0.301. The predicted molar refractivity (Wildman–Crippen MR) is 84.5 cm³/mol. The van der Waals surface area contributed by atoms with Gasteiger partial charge in [0.25, 0.3) is 0 Å². The average Bonchev–Trinajstić information content (AvgIpc) is 2.80. The maximum absolute atomic E-state index is 5.83. The van der Waals surface area contributed by atoms with Crippen molar-refractivity contribution in [3.63, 3.8) is 0 Å². The standard InChI is InChI=1S/C15H23BrN2O2/c1-9-5-11(12-6-10(7-17)8-18(12)2)15(20-4)13(16)14(9)19-3/h5,10,12H,6-8,17H2,1-4H3. The predicted octanol–water partition coefficient (Wildman–Crippen LogP) is 2.73. The first-order chi connectivity index (χ1) is 9.53. The van der Waals surface area contributed by atoms with Gasteiger partial charge in [-0.3, -0.25) is 4.90 Å². The molecule has 5 heteroatoms. The molecule has 112 valence electrons. The highest BCUT2D eigenvalue weighted by atomic mass is 79.9. The van der Waals surface area contributed by atoms with Gasteiger partial charge in [-0.1, -0.05) is 0 Å². The summed E-state index contributed by atoms with van der Waals surface area (Å²) in [6, 6.07) is 2.52. The second kappa shape index (κ2) is 6.33. The van der Waals surface area contributed by atoms with E-state index >= 15 is 0 Å². The summed E-state index contributed by atoms with van der Waals surface area (Å²) in [6.45, 7) is 3.83. The Hall–Kier alpha value is -0.780. The minimum atomic E-state index is 0.347. The zero-order valence-corrected chi connectivity index (χ0v) is 14.2. The zero-order valence-electron chi connectivity index (χ0n) is 12.6. The van der Waals surface area contributed by atoms with Crippen LogP contribution >= 0.6 is 15.9 Å². The van der Waals surface area contributed by atoms with Gasteiger partial charge in [-0.05, 0) is 60.4 Å². The number of halogens is 1. The normalized spacial score (nSPS) is 23.1. The van der Waals surface area contributed by atoms with E-state index in [1.165, 1.54) is 5.56 Å². The molecule has 2 N–H and O–H groups in total. The molecule has 1 fully saturated rings. The van der Waals surface area contributed by atoms with Crippen molar-refractivity contribution in [1.82, 2.24) is 4.90 Å². The van der Waals surface area contributed by atoms with Crippen molar-refractivity contribution in [2.75, 3.05) is 34.4 Å². The van der Waals surface area contributed by atoms with Crippen LogP contribution in [-0.2, 0) is 0 Å². The van der Waals surface area contributed by atoms with Crippen molar-refractivity contribution in [3.8, 4) is 11.5 Å². The fourth-order valence-corrected chi connectivity index (χ4v) is 3.98. The van der Waals surface area contributed by atoms with E-state index < -0.39 is 0 Å². The molecule has 4 nitrogen and oxygen atoms in total. The van der Waals surface area contributed by atoms with E-state index in [4.69, 9.17) is 15.2 Å². The van der Waals surface area contributed by atoms with E-state index in [9.17, 15) is 0 Å². The monoisotopic (exact) mass is 342 g/mol. The topological polar surface area (TPSA) is 47.7 Å². The Morgan fingerprint density at radius 2 is 2.00 bits per heavy atom. The summed E-state index contributed by atoms with van der Waals surface area (Å²) in [4.78, 5) is 2.35. The SMILES string of the molecule is COc1c(C)cc(C2CC(CN)CN2C)c(OC)c1Br. The van der Waals surface area contributed by atoms with E-state index in [1.54, 1.807) is 14.2 Å². The van der Waals surface area contributed by atoms with Crippen LogP contribution in [0.1, 0.15) is 23.6 Å². The van der Waals surface area contributed by atoms with Crippen molar-refractivity contribution >= 4 is 15.9 Å². The van der Waals surface area contributed by atoms with Crippen molar-refractivity contribution in [3.05, 3.63) is 21.7 Å². The second-order valence-corrected chi connectivity index (χ2v) is 6.25. The van der Waals surface area contributed by atoms with Crippen LogP contribution in [0.3, 0.4) is 0 Å². The van der Waals surface area contributed by atoms with Crippen LogP contribution in [0.25, 0.3) is 0 Å². The molecular weight excluding hydrogens is 320 g/mol. The Kier molecular flexibility index (Phi) is 4.94. The largest absolute Gasteiger partial charge is 0.495 e. The highest BCUT2D eigenvalue weighted by Gasteiger charge is 2.33. The molecule has 2 unspecified atom stereocenters. The van der Waals surface area contributed by atoms with Crippen LogP contribution in [0.4, 0.5) is 0 Å². The van der Waals surface area contributed by atoms with Crippen LogP contribution in [0.2, 0.25) is 0 Å². The van der Waals surface area contributed by atoms with Gasteiger partial charge in [0.05, 0.1) is 14.2 Å². The third-order valence-corrected chi connectivity index (χ3v) is 4.85. The van der Waals surface area contributed by atoms with E-state index in [2.05, 4.69) is 40.9 Å². The van der Waals surface area contributed by atoms with Crippen molar-refractivity contribution < 1.29 is 9.47 Å². The van der Waals surface area contributed by atoms with E-state index in [-0.39, 0.29) is 0 Å². The van der Waals surface area contributed by atoms with Gasteiger partial charge in [0.15, 0.2) is 0 Å². The first kappa shape index (κ1) is 15.6. The highest BCUT2D eigenvalue weighted by Crippen LogP contribution is 2.46. The molecule has 0 spiro atoms. The van der Waals surface area contributed by atoms with Gasteiger partial charge < -0.3 is 15.2 Å². The Morgan fingerprint density at radius 3 is 2.50 bits per heavy atom. The molecule has 1 aliphatic rings. The maximum atomic E-state index is 5.83. The van der Waals surface area contributed by atoms with Crippen LogP contribution in [0.15, 0.2) is 10.5 Å². The summed E-state index contributed by atoms with van der Waals surface area (Å²) in [6.07, 6.45) is 1.07. The summed E-state index contributed by atoms with van der Waals surface area (Å²) in [5, 5.41) is 0. The highest BCUT2D eigenvalue weighted by molar-refractivity contribution is 9.10. The van der Waals surface area contributed by atoms with Gasteiger partial charge in [0, 0.05) is 18.2 Å². The van der Waals surface area contributed by atoms with Crippen molar-refractivity contribution in [2.45, 2.75) is 19.4 Å². The Morgan fingerprint density at radius 1 is 1.35 bits per heavy atom. The summed E-state index contributed by atoms with van der Waals surface area (Å²) in [7, 11) is 5.53. The number of methoxy groups -OCH3 is 2. The molecular formula is C15H23BrN2O2. The molecule has 2 rings (SSSR count). The van der Waals surface area contributed by atoms with E-state index in [0.29, 0.717) is 12.0 Å². The Balaban J connectivity index is 2.46. The first-order valence-electron chi connectivity index (χ1n) is 6.84. The fourth-order valence-electron chi connectivity index (χ4n) is 3.11. The van der Waals surface area contributed by atoms with Gasteiger partial charge in [0.2, 0.25) is 0 Å². The smallest absolute Gasteiger partial charge is 0.141 e. The molecule has 1 aliphatic heterocycles. The van der Waals surface area contributed by atoms with E-state index in [0.717, 1.165) is 41.0 Å². The third-order valence-electron chi connectivity index (χ3n) is 4.13. The second-order valence-electron chi connectivity index (χ2n) is 5.46. The molecule has 0 bridgehead atoms. The van der Waals surface area contributed by atoms with Crippen LogP contribution < -0.4 is 15.2 Å². The van der Waals surface area contributed by atoms with Gasteiger partial charge in [-0.25, -0.2) is 0 Å². The lowest BCUT2D eigenvalue weighted by atomic mass is 9.97. The van der Waals surface area contributed by atoms with Crippen LogP contribution in [-0.4, -0.2) is 39.3 Å². The lowest BCUT2D eigenvalue weighted by Gasteiger charge is -2.24. The van der Waals surface area contributed by atoms with Crippen LogP contribution in [0, 0.1) is 12.8 Å². The van der Waals surface area contributed by atoms with Gasteiger partial charge >= 0.3 is 0 Å². The quantitative estimate of drug-likeness (QED) is 0.913. The molecule has 0 aliphatic carbocycles.